The molecule has 0 bridgehead atoms. The van der Waals surface area contributed by atoms with Crippen LogP contribution in [0.3, 0.4) is 0 Å². The van der Waals surface area contributed by atoms with Crippen molar-refractivity contribution in [1.29, 1.82) is 0 Å². The van der Waals surface area contributed by atoms with E-state index in [2.05, 4.69) is 64.2 Å². The molecule has 0 aliphatic heterocycles. The Morgan fingerprint density at radius 2 is 1.10 bits per heavy atom. The van der Waals surface area contributed by atoms with Gasteiger partial charge in [-0.2, -0.15) is 12.2 Å². The fourth-order valence-electron chi connectivity index (χ4n) is 1.78. The van der Waals surface area contributed by atoms with Crippen LogP contribution in [-0.2, 0) is 25.8 Å². The molecule has 0 nitrogen and oxygen atoms in total. The van der Waals surface area contributed by atoms with E-state index in [1.807, 2.05) is 0 Å². The standard InChI is InChI=1S/2C8H11.C4H10.Hf/c2*1-2-5-8-6-3-4-7-8;1-3-4-2;/h2*3,6H,2,4-5H2,1H3;3-4H2,1-2H3;/q2*-1;;. The van der Waals surface area contributed by atoms with Gasteiger partial charge in [0.25, 0.3) is 0 Å². The molecule has 2 rings (SSSR count). The summed E-state index contributed by atoms with van der Waals surface area (Å²) >= 11 is 0. The first-order chi connectivity index (χ1) is 9.78. The van der Waals surface area contributed by atoms with Crippen LogP contribution in [0.15, 0.2) is 35.5 Å². The van der Waals surface area contributed by atoms with Crippen LogP contribution in [0, 0.1) is 12.2 Å². The van der Waals surface area contributed by atoms with Crippen molar-refractivity contribution in [1.82, 2.24) is 0 Å². The minimum atomic E-state index is 0. The van der Waals surface area contributed by atoms with Gasteiger partial charge in [-0.05, 0) is 0 Å². The van der Waals surface area contributed by atoms with E-state index < -0.39 is 0 Å². The van der Waals surface area contributed by atoms with Gasteiger partial charge in [-0.1, -0.05) is 66.2 Å². The van der Waals surface area contributed by atoms with Crippen molar-refractivity contribution in [3.63, 3.8) is 0 Å². The van der Waals surface area contributed by atoms with Gasteiger partial charge in [-0.25, -0.2) is 23.3 Å². The first kappa shape index (κ1) is 23.1. The maximum Gasteiger partial charge on any atom is 0 e. The third-order valence-electron chi connectivity index (χ3n) is 3.07. The molecule has 0 radical (unpaired) electrons. The second kappa shape index (κ2) is 17.9. The van der Waals surface area contributed by atoms with Gasteiger partial charge < -0.3 is 0 Å². The summed E-state index contributed by atoms with van der Waals surface area (Å²) in [5.41, 5.74) is 2.79. The Labute approximate surface area is 152 Å². The van der Waals surface area contributed by atoms with E-state index in [0.717, 1.165) is 12.8 Å². The van der Waals surface area contributed by atoms with Gasteiger partial charge in [0, 0.05) is 25.8 Å². The molecule has 21 heavy (non-hydrogen) atoms. The molecule has 1 heteroatoms. The summed E-state index contributed by atoms with van der Waals surface area (Å²) in [6.45, 7) is 8.75. The van der Waals surface area contributed by atoms with Crippen LogP contribution in [0.25, 0.3) is 0 Å². The van der Waals surface area contributed by atoms with Crippen molar-refractivity contribution in [2.24, 2.45) is 0 Å². The zero-order valence-electron chi connectivity index (χ0n) is 14.5. The smallest absolute Gasteiger partial charge is 0 e. The van der Waals surface area contributed by atoms with Crippen LogP contribution >= 0.6 is 0 Å². The quantitative estimate of drug-likeness (QED) is 0.321. The molecule has 0 aromatic carbocycles. The number of unbranched alkanes of at least 4 members (excludes halogenated alkanes) is 1. The van der Waals surface area contributed by atoms with E-state index in [1.54, 1.807) is 0 Å². The minimum absolute atomic E-state index is 0. The minimum Gasteiger partial charge on any atom is -0.269 e. The Hall–Kier alpha value is -0.170. The third kappa shape index (κ3) is 14.5. The molecule has 0 amide bonds. The number of hydrogen-bond acceptors (Lipinski definition) is 0. The summed E-state index contributed by atoms with van der Waals surface area (Å²) in [5.74, 6) is 0. The van der Waals surface area contributed by atoms with Gasteiger partial charge >= 0.3 is 0 Å². The van der Waals surface area contributed by atoms with E-state index in [-0.39, 0.29) is 25.8 Å². The number of allylic oxidation sites excluding steroid dienone is 8. The second-order valence-electron chi connectivity index (χ2n) is 5.12. The van der Waals surface area contributed by atoms with E-state index in [4.69, 9.17) is 0 Å². The number of rotatable bonds is 5. The van der Waals surface area contributed by atoms with E-state index in [9.17, 15) is 0 Å². The molecule has 0 saturated carbocycles. The van der Waals surface area contributed by atoms with Crippen LogP contribution in [0.2, 0.25) is 0 Å². The van der Waals surface area contributed by atoms with Gasteiger partial charge in [0.15, 0.2) is 0 Å². The Kier molecular flexibility index (Phi) is 19.7. The van der Waals surface area contributed by atoms with Gasteiger partial charge in [-0.3, -0.25) is 12.2 Å². The molecule has 0 aromatic heterocycles. The molecule has 0 atom stereocenters. The normalized spacial score (nSPS) is 14.3. The monoisotopic (exact) mass is 452 g/mol. The van der Waals surface area contributed by atoms with Crippen molar-refractivity contribution in [2.45, 2.75) is 79.1 Å². The van der Waals surface area contributed by atoms with Crippen LogP contribution in [0.4, 0.5) is 0 Å². The van der Waals surface area contributed by atoms with Crippen molar-refractivity contribution in [3.8, 4) is 0 Å². The molecule has 2 aliphatic carbocycles. The molecule has 118 valence electrons. The number of hydrogen-bond donors (Lipinski definition) is 0. The SMILES string of the molecule is CCCC.CCCC1=[C-]CC=C1.CCCC1=[C-]CC=C1.[Hf]. The van der Waals surface area contributed by atoms with E-state index in [0.29, 0.717) is 0 Å². The van der Waals surface area contributed by atoms with E-state index in [1.165, 1.54) is 49.7 Å². The van der Waals surface area contributed by atoms with Gasteiger partial charge in [0.2, 0.25) is 0 Å². The summed E-state index contributed by atoms with van der Waals surface area (Å²) in [6.07, 6.45) is 24.8. The van der Waals surface area contributed by atoms with Crippen LogP contribution in [0.1, 0.15) is 79.1 Å². The molecule has 0 N–H and O–H groups in total. The zero-order chi connectivity index (χ0) is 15.1. The first-order valence-electron chi connectivity index (χ1n) is 8.30. The zero-order valence-corrected chi connectivity index (χ0v) is 18.1. The Morgan fingerprint density at radius 3 is 1.29 bits per heavy atom. The van der Waals surface area contributed by atoms with Crippen LogP contribution in [0.5, 0.6) is 0 Å². The van der Waals surface area contributed by atoms with Gasteiger partial charge in [0.05, 0.1) is 0 Å². The van der Waals surface area contributed by atoms with Crippen molar-refractivity contribution in [2.75, 3.05) is 0 Å². The fraction of sp³-hybridized carbons (Fsp3) is 0.600. The van der Waals surface area contributed by atoms with Crippen LogP contribution < -0.4 is 0 Å². The molecule has 0 saturated heterocycles. The maximum atomic E-state index is 3.26. The van der Waals surface area contributed by atoms with Crippen molar-refractivity contribution in [3.05, 3.63) is 47.6 Å². The molecule has 0 unspecified atom stereocenters. The average molecular weight is 451 g/mol. The summed E-state index contributed by atoms with van der Waals surface area (Å²) < 4.78 is 0. The maximum absolute atomic E-state index is 3.26. The summed E-state index contributed by atoms with van der Waals surface area (Å²) in [6, 6.07) is 0. The van der Waals surface area contributed by atoms with Crippen molar-refractivity contribution < 1.29 is 25.8 Å². The molecular weight excluding hydrogens is 419 g/mol. The first-order valence-corrected chi connectivity index (χ1v) is 8.30. The molecule has 0 spiro atoms. The van der Waals surface area contributed by atoms with Gasteiger partial charge in [-0.15, -0.1) is 12.8 Å². The molecule has 0 aromatic rings. The Morgan fingerprint density at radius 1 is 0.714 bits per heavy atom. The molecule has 2 aliphatic rings. The summed E-state index contributed by atoms with van der Waals surface area (Å²) in [5, 5.41) is 0. The summed E-state index contributed by atoms with van der Waals surface area (Å²) in [7, 11) is 0. The fourth-order valence-corrected chi connectivity index (χ4v) is 1.78. The molecular formula is C20H32Hf-2. The Balaban J connectivity index is 0. The largest absolute Gasteiger partial charge is 0.269 e. The topological polar surface area (TPSA) is 0 Å². The van der Waals surface area contributed by atoms with Crippen molar-refractivity contribution >= 4 is 0 Å². The second-order valence-corrected chi connectivity index (χ2v) is 5.12. The Bertz CT molecular complexity index is 298. The third-order valence-corrected chi connectivity index (χ3v) is 3.07. The predicted molar refractivity (Wildman–Crippen MR) is 91.4 cm³/mol. The predicted octanol–water partition coefficient (Wildman–Crippen LogP) is 6.76. The summed E-state index contributed by atoms with van der Waals surface area (Å²) in [4.78, 5) is 0. The molecule has 0 heterocycles. The van der Waals surface area contributed by atoms with E-state index >= 15 is 0 Å². The van der Waals surface area contributed by atoms with Gasteiger partial charge in [0.1, 0.15) is 0 Å². The average Bonchev–Trinajstić information content (AvgIpc) is 3.14. The van der Waals surface area contributed by atoms with Crippen LogP contribution in [-0.4, -0.2) is 0 Å². The molecule has 0 fully saturated rings.